The number of alkyl halides is 1. The number of hydrogen-bond acceptors (Lipinski definition) is 14. The molecule has 1 saturated heterocycles. The van der Waals surface area contributed by atoms with Crippen molar-refractivity contribution in [3.63, 3.8) is 0 Å². The van der Waals surface area contributed by atoms with E-state index in [0.717, 1.165) is 16.2 Å². The average molecular weight is 624 g/mol. The van der Waals surface area contributed by atoms with Crippen LogP contribution in [0.15, 0.2) is 27.0 Å². The number of nitrogens with one attached hydrogen (secondary N) is 2. The number of aliphatic carboxylic acids is 1. The minimum Gasteiger partial charge on any atom is -0.543 e. The van der Waals surface area contributed by atoms with E-state index in [0.29, 0.717) is 10.7 Å². The molecule has 0 aliphatic carbocycles. The van der Waals surface area contributed by atoms with Crippen LogP contribution in [0.25, 0.3) is 0 Å². The Balaban J connectivity index is 0.00000420. The number of carbonyl (C=O) groups is 4. The number of amides is 3. The summed E-state index contributed by atoms with van der Waals surface area (Å²) in [6.45, 7) is 1.83. The van der Waals surface area contributed by atoms with Crippen LogP contribution in [0, 0.1) is 0 Å². The van der Waals surface area contributed by atoms with Crippen molar-refractivity contribution in [2.75, 3.05) is 29.3 Å². The molecule has 0 bridgehead atoms. The van der Waals surface area contributed by atoms with Crippen molar-refractivity contribution in [2.24, 2.45) is 12.2 Å². The first-order valence-electron chi connectivity index (χ1n) is 10.8. The summed E-state index contributed by atoms with van der Waals surface area (Å²) in [5.74, 6) is -3.08. The normalized spacial score (nSPS) is 18.6. The number of oxime groups is 1. The number of β-lactam (4-membered cyclic amide) rings is 1. The predicted molar refractivity (Wildman–Crippen MR) is 136 cm³/mol. The molecule has 15 nitrogen and oxygen atoms in total. The number of aryl methyl sites for hydroxylation is 1. The third-order valence-corrected chi connectivity index (χ3v) is 8.54. The topological polar surface area (TPSA) is 197 Å². The fourth-order valence-corrected chi connectivity index (χ4v) is 6.53. The molecule has 2 atom stereocenters. The second-order valence-electron chi connectivity index (χ2n) is 7.55. The van der Waals surface area contributed by atoms with Crippen molar-refractivity contribution in [1.82, 2.24) is 35.4 Å². The largest absolute Gasteiger partial charge is 1.00 e. The summed E-state index contributed by atoms with van der Waals surface area (Å²) < 4.78 is 1.45. The van der Waals surface area contributed by atoms with Crippen LogP contribution < -0.4 is 45.3 Å². The van der Waals surface area contributed by atoms with Gasteiger partial charge in [0.05, 0.1) is 11.7 Å². The number of carbonyl (C=O) groups excluding carboxylic acids is 4. The molecule has 4 rings (SSSR count). The summed E-state index contributed by atoms with van der Waals surface area (Å²) in [6.07, 6.45) is 0. The predicted octanol–water partition coefficient (Wildman–Crippen LogP) is -4.22. The molecule has 1 fully saturated rings. The summed E-state index contributed by atoms with van der Waals surface area (Å²) in [6, 6.07) is -1.01. The standard InChI is InChI=1S/C19H20ClN9O6S3.Na/c1-3-35-25-11(9-7-37-18(21-9)22-10(30)4-20)14(31)23-12-15(32)29-13(17(33)34)8(5-36-16(12)29)6-38-19-24-26-27-28(19)2;/h7,12,16H,3-6H2,1-2H3,(H,23,31)(H,33,34)(H,21,22,30);/q;+1/p-1/b25-11-;/t12-,16-;/m1./s1. The first-order chi connectivity index (χ1) is 18.2. The van der Waals surface area contributed by atoms with Crippen molar-refractivity contribution >= 4 is 81.0 Å². The van der Waals surface area contributed by atoms with Gasteiger partial charge < -0.3 is 25.4 Å². The van der Waals surface area contributed by atoms with Gasteiger partial charge in [-0.05, 0) is 22.9 Å². The van der Waals surface area contributed by atoms with Crippen molar-refractivity contribution < 1.29 is 58.7 Å². The molecule has 0 spiro atoms. The molecule has 2 aromatic rings. The Morgan fingerprint density at radius 2 is 2.15 bits per heavy atom. The number of nitrogens with zero attached hydrogens (tertiary/aromatic N) is 7. The SMILES string of the molecule is CCO/N=C(\C(=O)N[C@@H]1C(=O)N2C(C(=O)[O-])=C(CSc3nnnn3C)CS[C@H]12)c1csc(NC(=O)CCl)n1.[Na+]. The van der Waals surface area contributed by atoms with Gasteiger partial charge in [-0.1, -0.05) is 16.9 Å². The summed E-state index contributed by atoms with van der Waals surface area (Å²) in [7, 11) is 1.65. The zero-order valence-corrected chi connectivity index (χ0v) is 25.9. The summed E-state index contributed by atoms with van der Waals surface area (Å²) in [4.78, 5) is 59.9. The first-order valence-corrected chi connectivity index (χ1v) is 14.3. The van der Waals surface area contributed by atoms with Crippen LogP contribution in [0.1, 0.15) is 12.6 Å². The molecule has 0 saturated carbocycles. The van der Waals surface area contributed by atoms with Crippen LogP contribution in [-0.2, 0) is 31.1 Å². The van der Waals surface area contributed by atoms with Crippen LogP contribution >= 0.6 is 46.5 Å². The van der Waals surface area contributed by atoms with Crippen molar-refractivity contribution in [3.8, 4) is 0 Å². The van der Waals surface area contributed by atoms with Crippen LogP contribution in [0.4, 0.5) is 5.13 Å². The van der Waals surface area contributed by atoms with Gasteiger partial charge in [-0.3, -0.25) is 19.3 Å². The van der Waals surface area contributed by atoms with Gasteiger partial charge in [0.15, 0.2) is 10.8 Å². The van der Waals surface area contributed by atoms with Gasteiger partial charge in [0.25, 0.3) is 11.8 Å². The van der Waals surface area contributed by atoms with E-state index in [1.807, 2.05) is 0 Å². The van der Waals surface area contributed by atoms with Crippen LogP contribution in [0.3, 0.4) is 0 Å². The van der Waals surface area contributed by atoms with Crippen molar-refractivity contribution in [1.29, 1.82) is 0 Å². The van der Waals surface area contributed by atoms with Crippen LogP contribution in [0.2, 0.25) is 0 Å². The van der Waals surface area contributed by atoms with Gasteiger partial charge >= 0.3 is 29.6 Å². The summed E-state index contributed by atoms with van der Waals surface area (Å²) in [5.41, 5.74) is 0.143. The number of rotatable bonds is 11. The number of halogens is 1. The smallest absolute Gasteiger partial charge is 0.543 e. The second kappa shape index (κ2) is 13.9. The minimum atomic E-state index is -1.49. The van der Waals surface area contributed by atoms with E-state index in [4.69, 9.17) is 16.4 Å². The van der Waals surface area contributed by atoms with Crippen LogP contribution in [0.5, 0.6) is 0 Å². The van der Waals surface area contributed by atoms with E-state index in [2.05, 4.69) is 36.3 Å². The molecule has 2 N–H and O–H groups in total. The molecule has 202 valence electrons. The van der Waals surface area contributed by atoms with E-state index in [-0.39, 0.29) is 75.8 Å². The van der Waals surface area contributed by atoms with Crippen molar-refractivity contribution in [3.05, 3.63) is 22.3 Å². The number of anilines is 1. The van der Waals surface area contributed by atoms with Gasteiger partial charge in [0.1, 0.15) is 29.6 Å². The summed E-state index contributed by atoms with van der Waals surface area (Å²) in [5, 5.41) is 33.5. The Bertz CT molecular complexity index is 1340. The first kappa shape index (κ1) is 31.3. The maximum atomic E-state index is 13.1. The monoisotopic (exact) mass is 623 g/mol. The van der Waals surface area contributed by atoms with Gasteiger partial charge in [-0.2, -0.15) is 0 Å². The van der Waals surface area contributed by atoms with E-state index < -0.39 is 35.1 Å². The number of carboxylic acid groups (broad SMARTS) is 1. The maximum absolute atomic E-state index is 13.1. The number of thioether (sulfide) groups is 2. The summed E-state index contributed by atoms with van der Waals surface area (Å²) >= 11 is 9.06. The van der Waals surface area contributed by atoms with Gasteiger partial charge in [-0.15, -0.1) is 39.8 Å². The van der Waals surface area contributed by atoms with Crippen LogP contribution in [-0.4, -0.2) is 94.9 Å². The molecule has 4 heterocycles. The molecular formula is C19H19ClN9NaO6S3. The van der Waals surface area contributed by atoms with Gasteiger partial charge in [0.2, 0.25) is 11.1 Å². The zero-order chi connectivity index (χ0) is 27.4. The van der Waals surface area contributed by atoms with E-state index in [1.54, 1.807) is 14.0 Å². The molecule has 2 aliphatic rings. The third kappa shape index (κ3) is 6.93. The number of thiazole rings is 1. The Morgan fingerprint density at radius 1 is 1.38 bits per heavy atom. The Hall–Kier alpha value is -2.22. The molecule has 2 aliphatic heterocycles. The number of carboxylic acids is 1. The van der Waals surface area contributed by atoms with E-state index in [9.17, 15) is 24.3 Å². The Morgan fingerprint density at radius 3 is 2.79 bits per heavy atom. The Kier molecular flexibility index (Phi) is 11.2. The van der Waals surface area contributed by atoms with E-state index in [1.165, 1.54) is 33.6 Å². The molecule has 0 radical (unpaired) electrons. The zero-order valence-electron chi connectivity index (χ0n) is 20.7. The quantitative estimate of drug-likeness (QED) is 0.0612. The number of hydrogen-bond donors (Lipinski definition) is 2. The molecule has 0 unspecified atom stereocenters. The van der Waals surface area contributed by atoms with E-state index >= 15 is 0 Å². The second-order valence-corrected chi connectivity index (χ2v) is 10.7. The van der Waals surface area contributed by atoms with Gasteiger partial charge in [-0.25, -0.2) is 9.67 Å². The average Bonchev–Trinajstić information content (AvgIpc) is 3.53. The van der Waals surface area contributed by atoms with Gasteiger partial charge in [0, 0.05) is 23.9 Å². The fourth-order valence-electron chi connectivity index (χ4n) is 3.41. The molecule has 3 amide bonds. The molecule has 0 aromatic carbocycles. The van der Waals surface area contributed by atoms with Crippen molar-refractivity contribution in [2.45, 2.75) is 23.5 Å². The molecule has 20 heteroatoms. The fraction of sp³-hybridized carbons (Fsp3) is 0.421. The molecule has 2 aromatic heterocycles. The molecule has 39 heavy (non-hydrogen) atoms. The maximum Gasteiger partial charge on any atom is 1.00 e. The third-order valence-electron chi connectivity index (χ3n) is 5.10. The number of tetrazole rings is 1. The minimum absolute atomic E-state index is 0. The molecular weight excluding hydrogens is 605 g/mol. The number of aromatic nitrogens is 5. The number of fused-ring (bicyclic) bond motifs is 1. The Labute approximate surface area is 260 Å².